The van der Waals surface area contributed by atoms with Crippen LogP contribution >= 0.6 is 0 Å². The molecule has 0 aliphatic rings. The summed E-state index contributed by atoms with van der Waals surface area (Å²) in [5, 5.41) is 12.4. The minimum Gasteiger partial charge on any atom is -0.478 e. The molecule has 6 nitrogen and oxygen atoms in total. The van der Waals surface area contributed by atoms with Gasteiger partial charge in [-0.3, -0.25) is 4.98 Å². The number of rotatable bonds is 5. The molecule has 3 aromatic rings. The standard InChI is InChI=1S/C17H14N4O2/c22-16(23)14-11-20-17(19-10-13-8-4-5-9-18-13)21-15(14)12-6-2-1-3-7-12/h1-9,11H,10H2,(H,22,23)(H,19,20,21). The first-order valence-electron chi connectivity index (χ1n) is 7.03. The van der Waals surface area contributed by atoms with Gasteiger partial charge in [0.2, 0.25) is 5.95 Å². The highest BCUT2D eigenvalue weighted by molar-refractivity contribution is 5.94. The van der Waals surface area contributed by atoms with Gasteiger partial charge in [0.25, 0.3) is 0 Å². The van der Waals surface area contributed by atoms with Crippen LogP contribution in [0.1, 0.15) is 16.1 Å². The van der Waals surface area contributed by atoms with Gasteiger partial charge in [-0.15, -0.1) is 0 Å². The number of carbonyl (C=O) groups is 1. The zero-order chi connectivity index (χ0) is 16.1. The Morgan fingerprint density at radius 3 is 2.52 bits per heavy atom. The molecule has 3 rings (SSSR count). The highest BCUT2D eigenvalue weighted by atomic mass is 16.4. The van der Waals surface area contributed by atoms with Crippen LogP contribution in [0.3, 0.4) is 0 Å². The zero-order valence-corrected chi connectivity index (χ0v) is 12.2. The molecule has 23 heavy (non-hydrogen) atoms. The summed E-state index contributed by atoms with van der Waals surface area (Å²) in [6, 6.07) is 14.8. The molecule has 1 aromatic carbocycles. The second-order valence-corrected chi connectivity index (χ2v) is 4.80. The average molecular weight is 306 g/mol. The number of nitrogens with one attached hydrogen (secondary N) is 1. The van der Waals surface area contributed by atoms with E-state index in [4.69, 9.17) is 0 Å². The van der Waals surface area contributed by atoms with Crippen molar-refractivity contribution in [1.29, 1.82) is 0 Å². The van der Waals surface area contributed by atoms with Gasteiger partial charge >= 0.3 is 5.97 Å². The number of aromatic nitrogens is 3. The minimum absolute atomic E-state index is 0.0691. The van der Waals surface area contributed by atoms with Crippen molar-refractivity contribution in [3.63, 3.8) is 0 Å². The molecule has 2 N–H and O–H groups in total. The van der Waals surface area contributed by atoms with Gasteiger partial charge in [0.15, 0.2) is 0 Å². The fourth-order valence-electron chi connectivity index (χ4n) is 2.11. The molecule has 0 aliphatic carbocycles. The Morgan fingerprint density at radius 1 is 1.04 bits per heavy atom. The second kappa shape index (κ2) is 6.65. The second-order valence-electron chi connectivity index (χ2n) is 4.80. The molecular weight excluding hydrogens is 292 g/mol. The molecule has 0 atom stereocenters. The fourth-order valence-corrected chi connectivity index (χ4v) is 2.11. The number of aromatic carboxylic acids is 1. The van der Waals surface area contributed by atoms with E-state index >= 15 is 0 Å². The van der Waals surface area contributed by atoms with E-state index in [1.807, 2.05) is 48.5 Å². The summed E-state index contributed by atoms with van der Waals surface area (Å²) in [6.45, 7) is 0.460. The molecule has 0 spiro atoms. The molecule has 0 amide bonds. The number of carboxylic acids is 1. The van der Waals surface area contributed by atoms with Crippen molar-refractivity contribution in [2.75, 3.05) is 5.32 Å². The Labute approximate surface area is 132 Å². The Bertz CT molecular complexity index is 807. The summed E-state index contributed by atoms with van der Waals surface area (Å²) < 4.78 is 0. The third-order valence-corrected chi connectivity index (χ3v) is 3.22. The number of hydrogen-bond donors (Lipinski definition) is 2. The van der Waals surface area contributed by atoms with Gasteiger partial charge in [-0.05, 0) is 12.1 Å². The first-order valence-corrected chi connectivity index (χ1v) is 7.03. The van der Waals surface area contributed by atoms with Crippen molar-refractivity contribution in [3.05, 3.63) is 72.2 Å². The zero-order valence-electron chi connectivity index (χ0n) is 12.2. The van der Waals surface area contributed by atoms with Crippen molar-refractivity contribution in [3.8, 4) is 11.3 Å². The van der Waals surface area contributed by atoms with Crippen LogP contribution in [0.25, 0.3) is 11.3 Å². The van der Waals surface area contributed by atoms with E-state index in [1.54, 1.807) is 6.20 Å². The predicted octanol–water partition coefficient (Wildman–Crippen LogP) is 2.85. The largest absolute Gasteiger partial charge is 0.478 e. The lowest BCUT2D eigenvalue weighted by atomic mass is 10.1. The summed E-state index contributed by atoms with van der Waals surface area (Å²) >= 11 is 0. The van der Waals surface area contributed by atoms with Crippen LogP contribution in [-0.4, -0.2) is 26.0 Å². The van der Waals surface area contributed by atoms with E-state index in [-0.39, 0.29) is 5.56 Å². The fraction of sp³-hybridized carbons (Fsp3) is 0.0588. The van der Waals surface area contributed by atoms with Gasteiger partial charge in [-0.1, -0.05) is 36.4 Å². The molecule has 2 aromatic heterocycles. The van der Waals surface area contributed by atoms with E-state index in [1.165, 1.54) is 6.20 Å². The van der Waals surface area contributed by atoms with Crippen LogP contribution in [-0.2, 0) is 6.54 Å². The lowest BCUT2D eigenvalue weighted by Gasteiger charge is -2.09. The van der Waals surface area contributed by atoms with Gasteiger partial charge < -0.3 is 10.4 Å². The minimum atomic E-state index is -1.06. The number of benzene rings is 1. The predicted molar refractivity (Wildman–Crippen MR) is 86.0 cm³/mol. The molecule has 0 bridgehead atoms. The monoisotopic (exact) mass is 306 g/mol. The van der Waals surface area contributed by atoms with Crippen LogP contribution < -0.4 is 5.32 Å². The van der Waals surface area contributed by atoms with E-state index in [0.717, 1.165) is 11.3 Å². The first-order chi connectivity index (χ1) is 11.2. The normalized spacial score (nSPS) is 10.3. The van der Waals surface area contributed by atoms with Crippen LogP contribution in [0.4, 0.5) is 5.95 Å². The third-order valence-electron chi connectivity index (χ3n) is 3.22. The van der Waals surface area contributed by atoms with Crippen molar-refractivity contribution in [2.45, 2.75) is 6.54 Å². The van der Waals surface area contributed by atoms with E-state index in [9.17, 15) is 9.90 Å². The number of pyridine rings is 1. The maximum absolute atomic E-state index is 11.4. The maximum atomic E-state index is 11.4. The Morgan fingerprint density at radius 2 is 1.83 bits per heavy atom. The Balaban J connectivity index is 1.90. The van der Waals surface area contributed by atoms with Gasteiger partial charge in [0, 0.05) is 18.0 Å². The van der Waals surface area contributed by atoms with E-state index < -0.39 is 5.97 Å². The van der Waals surface area contributed by atoms with Gasteiger partial charge in [-0.25, -0.2) is 14.8 Å². The molecule has 0 fully saturated rings. The number of hydrogen-bond acceptors (Lipinski definition) is 5. The van der Waals surface area contributed by atoms with Gasteiger partial charge in [-0.2, -0.15) is 0 Å². The molecule has 0 saturated carbocycles. The summed E-state index contributed by atoms with van der Waals surface area (Å²) in [7, 11) is 0. The smallest absolute Gasteiger partial charge is 0.339 e. The number of carboxylic acid groups (broad SMARTS) is 1. The number of anilines is 1. The Kier molecular flexibility index (Phi) is 4.24. The molecule has 6 heteroatoms. The van der Waals surface area contributed by atoms with Crippen LogP contribution in [0.15, 0.2) is 60.9 Å². The van der Waals surface area contributed by atoms with Crippen molar-refractivity contribution in [1.82, 2.24) is 15.0 Å². The quantitative estimate of drug-likeness (QED) is 0.753. The van der Waals surface area contributed by atoms with Crippen LogP contribution in [0.5, 0.6) is 0 Å². The topological polar surface area (TPSA) is 88.0 Å². The molecule has 0 unspecified atom stereocenters. The number of nitrogens with zero attached hydrogens (tertiary/aromatic N) is 3. The molecular formula is C17H14N4O2. The first kappa shape index (κ1) is 14.6. The summed E-state index contributed by atoms with van der Waals surface area (Å²) in [5.74, 6) is -0.695. The molecule has 0 saturated heterocycles. The van der Waals surface area contributed by atoms with E-state index in [2.05, 4.69) is 20.3 Å². The van der Waals surface area contributed by atoms with Crippen LogP contribution in [0.2, 0.25) is 0 Å². The SMILES string of the molecule is O=C(O)c1cnc(NCc2ccccn2)nc1-c1ccccc1. The van der Waals surface area contributed by atoms with E-state index in [0.29, 0.717) is 18.2 Å². The molecule has 0 aliphatic heterocycles. The molecule has 114 valence electrons. The van der Waals surface area contributed by atoms with Crippen molar-refractivity contribution >= 4 is 11.9 Å². The Hall–Kier alpha value is -3.28. The average Bonchev–Trinajstić information content (AvgIpc) is 2.61. The lowest BCUT2D eigenvalue weighted by Crippen LogP contribution is -2.09. The third kappa shape index (κ3) is 3.49. The molecule has 2 heterocycles. The maximum Gasteiger partial charge on any atom is 0.339 e. The van der Waals surface area contributed by atoms with Gasteiger partial charge in [0.05, 0.1) is 17.9 Å². The molecule has 0 radical (unpaired) electrons. The van der Waals surface area contributed by atoms with Gasteiger partial charge in [0.1, 0.15) is 5.56 Å². The van der Waals surface area contributed by atoms with Crippen molar-refractivity contribution in [2.24, 2.45) is 0 Å². The summed E-state index contributed by atoms with van der Waals surface area (Å²) in [5.41, 5.74) is 2.03. The highest BCUT2D eigenvalue weighted by Crippen LogP contribution is 2.22. The lowest BCUT2D eigenvalue weighted by molar-refractivity contribution is 0.0697. The van der Waals surface area contributed by atoms with Crippen LogP contribution in [0, 0.1) is 0 Å². The summed E-state index contributed by atoms with van der Waals surface area (Å²) in [6.07, 6.45) is 3.03. The highest BCUT2D eigenvalue weighted by Gasteiger charge is 2.15. The summed E-state index contributed by atoms with van der Waals surface area (Å²) in [4.78, 5) is 24.0. The van der Waals surface area contributed by atoms with Crippen molar-refractivity contribution < 1.29 is 9.90 Å².